The van der Waals surface area contributed by atoms with Gasteiger partial charge in [0.25, 0.3) is 5.56 Å². The summed E-state index contributed by atoms with van der Waals surface area (Å²) < 4.78 is 11.2. The molecular weight excluding hydrogens is 382 g/mol. The van der Waals surface area contributed by atoms with Crippen LogP contribution in [0.25, 0.3) is 10.9 Å². The van der Waals surface area contributed by atoms with Crippen LogP contribution in [0.3, 0.4) is 0 Å². The second-order valence-electron chi connectivity index (χ2n) is 6.89. The van der Waals surface area contributed by atoms with Crippen LogP contribution in [0.2, 0.25) is 0 Å². The van der Waals surface area contributed by atoms with Crippen molar-refractivity contribution in [3.05, 3.63) is 64.2 Å². The fourth-order valence-corrected chi connectivity index (χ4v) is 3.22. The van der Waals surface area contributed by atoms with Crippen LogP contribution >= 0.6 is 0 Å². The molecule has 7 nitrogen and oxygen atoms in total. The van der Waals surface area contributed by atoms with E-state index >= 15 is 0 Å². The van der Waals surface area contributed by atoms with Gasteiger partial charge in [-0.15, -0.1) is 0 Å². The minimum atomic E-state index is -0.198. The Bertz CT molecular complexity index is 1080. The van der Waals surface area contributed by atoms with Crippen molar-refractivity contribution in [2.45, 2.75) is 39.7 Å². The highest BCUT2D eigenvalue weighted by molar-refractivity contribution is 5.78. The van der Waals surface area contributed by atoms with E-state index in [1.807, 2.05) is 45.0 Å². The molecule has 7 heteroatoms. The van der Waals surface area contributed by atoms with Gasteiger partial charge in [0.2, 0.25) is 5.91 Å². The van der Waals surface area contributed by atoms with Crippen LogP contribution in [0.5, 0.6) is 11.5 Å². The van der Waals surface area contributed by atoms with E-state index in [9.17, 15) is 9.59 Å². The van der Waals surface area contributed by atoms with Gasteiger partial charge in [0.1, 0.15) is 5.82 Å². The highest BCUT2D eigenvalue weighted by Gasteiger charge is 2.14. The fourth-order valence-electron chi connectivity index (χ4n) is 3.22. The number of hydrogen-bond donors (Lipinski definition) is 2. The Morgan fingerprint density at radius 2 is 1.83 bits per heavy atom. The summed E-state index contributed by atoms with van der Waals surface area (Å²) in [4.78, 5) is 31.8. The predicted octanol–water partition coefficient (Wildman–Crippen LogP) is 3.53. The number of H-pyrrole nitrogens is 1. The molecule has 0 radical (unpaired) electrons. The van der Waals surface area contributed by atoms with Gasteiger partial charge in [0, 0.05) is 12.8 Å². The van der Waals surface area contributed by atoms with E-state index in [0.29, 0.717) is 47.9 Å². The second kappa shape index (κ2) is 9.91. The summed E-state index contributed by atoms with van der Waals surface area (Å²) in [7, 11) is 0. The van der Waals surface area contributed by atoms with Gasteiger partial charge in [-0.2, -0.15) is 0 Å². The van der Waals surface area contributed by atoms with E-state index in [1.54, 1.807) is 18.2 Å². The first-order valence-corrected chi connectivity index (χ1v) is 10.2. The smallest absolute Gasteiger partial charge is 0.258 e. The molecule has 1 amide bonds. The van der Waals surface area contributed by atoms with E-state index in [0.717, 1.165) is 5.56 Å². The largest absolute Gasteiger partial charge is 0.490 e. The van der Waals surface area contributed by atoms with Crippen LogP contribution in [-0.2, 0) is 11.2 Å². The maximum Gasteiger partial charge on any atom is 0.258 e. The molecule has 0 saturated heterocycles. The molecule has 0 saturated carbocycles. The van der Waals surface area contributed by atoms with Crippen LogP contribution < -0.4 is 20.3 Å². The number of aromatic amines is 1. The minimum Gasteiger partial charge on any atom is -0.490 e. The third kappa shape index (κ3) is 5.17. The Labute approximate surface area is 175 Å². The number of ether oxygens (including phenoxy) is 2. The number of nitrogens with zero attached hydrogens (tertiary/aromatic N) is 1. The third-order valence-electron chi connectivity index (χ3n) is 4.70. The molecule has 0 aliphatic rings. The molecule has 2 aromatic carbocycles. The second-order valence-corrected chi connectivity index (χ2v) is 6.89. The summed E-state index contributed by atoms with van der Waals surface area (Å²) in [5.41, 5.74) is 1.36. The Hall–Kier alpha value is -3.35. The lowest BCUT2D eigenvalue weighted by Gasteiger charge is -2.17. The van der Waals surface area contributed by atoms with Gasteiger partial charge in [-0.3, -0.25) is 9.59 Å². The van der Waals surface area contributed by atoms with Gasteiger partial charge in [-0.05, 0) is 50.6 Å². The summed E-state index contributed by atoms with van der Waals surface area (Å²) in [5.74, 6) is 1.73. The summed E-state index contributed by atoms with van der Waals surface area (Å²) in [6, 6.07) is 12.6. The van der Waals surface area contributed by atoms with Gasteiger partial charge in [0.15, 0.2) is 11.5 Å². The maximum absolute atomic E-state index is 12.4. The number of fused-ring (bicyclic) bond motifs is 1. The molecule has 158 valence electrons. The zero-order chi connectivity index (χ0) is 21.5. The SMILES string of the molecule is CCOc1ccc(C(C)NC(=O)CCc2nc3ccccc3c(=O)[nH]2)cc1OCC. The Kier molecular flexibility index (Phi) is 7.06. The maximum atomic E-state index is 12.4. The first-order valence-electron chi connectivity index (χ1n) is 10.2. The van der Waals surface area contributed by atoms with Crippen molar-refractivity contribution >= 4 is 16.8 Å². The van der Waals surface area contributed by atoms with Crippen molar-refractivity contribution < 1.29 is 14.3 Å². The number of amides is 1. The molecular formula is C23H27N3O4. The minimum absolute atomic E-state index is 0.120. The molecule has 3 aromatic rings. The summed E-state index contributed by atoms with van der Waals surface area (Å²) in [5, 5.41) is 3.53. The first kappa shape index (κ1) is 21.4. The van der Waals surface area contributed by atoms with E-state index in [4.69, 9.17) is 9.47 Å². The average Bonchev–Trinajstić information content (AvgIpc) is 2.74. The first-order chi connectivity index (χ1) is 14.5. The van der Waals surface area contributed by atoms with Crippen molar-refractivity contribution in [2.24, 2.45) is 0 Å². The molecule has 1 aromatic heterocycles. The monoisotopic (exact) mass is 409 g/mol. The number of aryl methyl sites for hydroxylation is 1. The molecule has 0 bridgehead atoms. The Balaban J connectivity index is 1.63. The van der Waals surface area contributed by atoms with Gasteiger partial charge >= 0.3 is 0 Å². The highest BCUT2D eigenvalue weighted by Crippen LogP contribution is 2.30. The molecule has 3 rings (SSSR count). The third-order valence-corrected chi connectivity index (χ3v) is 4.70. The standard InChI is InChI=1S/C23H27N3O4/c1-4-29-19-11-10-16(14-20(19)30-5-2)15(3)24-22(27)13-12-21-25-18-9-7-6-8-17(18)23(28)26-21/h6-11,14-15H,4-5,12-13H2,1-3H3,(H,24,27)(H,25,26,28). The van der Waals surface area contributed by atoms with E-state index in [-0.39, 0.29) is 23.9 Å². The molecule has 30 heavy (non-hydrogen) atoms. The number of para-hydroxylation sites is 1. The zero-order valence-corrected chi connectivity index (χ0v) is 17.5. The molecule has 0 spiro atoms. The van der Waals surface area contributed by atoms with E-state index in [2.05, 4.69) is 15.3 Å². The Morgan fingerprint density at radius 1 is 1.10 bits per heavy atom. The molecule has 1 atom stereocenters. The fraction of sp³-hybridized carbons (Fsp3) is 0.348. The van der Waals surface area contributed by atoms with Crippen LogP contribution in [0.1, 0.15) is 44.6 Å². The normalized spacial score (nSPS) is 11.8. The predicted molar refractivity (Wildman–Crippen MR) is 116 cm³/mol. The number of aromatic nitrogens is 2. The molecule has 1 heterocycles. The lowest BCUT2D eigenvalue weighted by molar-refractivity contribution is -0.121. The summed E-state index contributed by atoms with van der Waals surface area (Å²) >= 11 is 0. The summed E-state index contributed by atoms with van der Waals surface area (Å²) in [6.45, 7) is 6.83. The van der Waals surface area contributed by atoms with Gasteiger partial charge < -0.3 is 19.8 Å². The van der Waals surface area contributed by atoms with Crippen molar-refractivity contribution in [3.8, 4) is 11.5 Å². The number of rotatable bonds is 9. The number of carbonyl (C=O) groups is 1. The van der Waals surface area contributed by atoms with E-state index in [1.165, 1.54) is 0 Å². The van der Waals surface area contributed by atoms with Crippen molar-refractivity contribution in [2.75, 3.05) is 13.2 Å². The van der Waals surface area contributed by atoms with Crippen LogP contribution in [-0.4, -0.2) is 29.1 Å². The van der Waals surface area contributed by atoms with E-state index < -0.39 is 0 Å². The molecule has 1 unspecified atom stereocenters. The van der Waals surface area contributed by atoms with Crippen LogP contribution in [0, 0.1) is 0 Å². The molecule has 2 N–H and O–H groups in total. The number of carbonyl (C=O) groups excluding carboxylic acids is 1. The highest BCUT2D eigenvalue weighted by atomic mass is 16.5. The Morgan fingerprint density at radius 3 is 2.60 bits per heavy atom. The van der Waals surface area contributed by atoms with Crippen LogP contribution in [0.4, 0.5) is 0 Å². The van der Waals surface area contributed by atoms with Crippen molar-refractivity contribution in [3.63, 3.8) is 0 Å². The molecule has 0 aliphatic heterocycles. The van der Waals surface area contributed by atoms with Crippen LogP contribution in [0.15, 0.2) is 47.3 Å². The lowest BCUT2D eigenvalue weighted by Crippen LogP contribution is -2.27. The van der Waals surface area contributed by atoms with Crippen molar-refractivity contribution in [1.29, 1.82) is 0 Å². The lowest BCUT2D eigenvalue weighted by atomic mass is 10.1. The van der Waals surface area contributed by atoms with Gasteiger partial charge in [-0.25, -0.2) is 4.98 Å². The zero-order valence-electron chi connectivity index (χ0n) is 17.5. The van der Waals surface area contributed by atoms with Gasteiger partial charge in [0.05, 0.1) is 30.2 Å². The quantitative estimate of drug-likeness (QED) is 0.564. The number of benzene rings is 2. The van der Waals surface area contributed by atoms with Gasteiger partial charge in [-0.1, -0.05) is 18.2 Å². The molecule has 0 fully saturated rings. The van der Waals surface area contributed by atoms with Crippen molar-refractivity contribution in [1.82, 2.24) is 15.3 Å². The summed E-state index contributed by atoms with van der Waals surface area (Å²) in [6.07, 6.45) is 0.576. The molecule has 0 aliphatic carbocycles. The average molecular weight is 409 g/mol. The number of nitrogens with one attached hydrogen (secondary N) is 2. The topological polar surface area (TPSA) is 93.3 Å². The number of hydrogen-bond acceptors (Lipinski definition) is 5.